The Morgan fingerprint density at radius 2 is 1.36 bits per heavy atom. The van der Waals surface area contributed by atoms with Crippen LogP contribution in [0.5, 0.6) is 0 Å². The van der Waals surface area contributed by atoms with E-state index in [-0.39, 0.29) is 5.97 Å². The molecule has 0 unspecified atom stereocenters. The predicted molar refractivity (Wildman–Crippen MR) is 111 cm³/mol. The molecule has 0 saturated carbocycles. The maximum absolute atomic E-state index is 12.3. The third kappa shape index (κ3) is 9.67. The van der Waals surface area contributed by atoms with Gasteiger partial charge in [0.05, 0.1) is 0 Å². The van der Waals surface area contributed by atoms with Crippen molar-refractivity contribution < 1.29 is 9.53 Å². The summed E-state index contributed by atoms with van der Waals surface area (Å²) >= 11 is -2.19. The van der Waals surface area contributed by atoms with E-state index in [0.717, 1.165) is 5.56 Å². The molecule has 1 rings (SSSR count). The van der Waals surface area contributed by atoms with E-state index in [9.17, 15) is 4.79 Å². The zero-order valence-corrected chi connectivity index (χ0v) is 19.5. The first-order valence-corrected chi connectivity index (χ1v) is 18.4. The van der Waals surface area contributed by atoms with Gasteiger partial charge in [0, 0.05) is 0 Å². The van der Waals surface area contributed by atoms with Gasteiger partial charge in [-0.05, 0) is 0 Å². The summed E-state index contributed by atoms with van der Waals surface area (Å²) in [5.41, 5.74) is 1.08. The van der Waals surface area contributed by atoms with E-state index in [1.165, 1.54) is 56.3 Å². The third-order valence-corrected chi connectivity index (χ3v) is 21.1. The van der Waals surface area contributed by atoms with Gasteiger partial charge in [0.25, 0.3) is 0 Å². The number of carbonyl (C=O) groups excluding carboxylic acids is 1. The Labute approximate surface area is 159 Å². The topological polar surface area (TPSA) is 26.3 Å². The molecule has 1 aromatic carbocycles. The SMILES string of the molecule is CCC[CH2][Sn]([CH2]CCC)([CH2]CCC)[CH2]CC(=O)OCc1ccccc1. The Morgan fingerprint density at radius 3 is 1.84 bits per heavy atom. The summed E-state index contributed by atoms with van der Waals surface area (Å²) in [6.07, 6.45) is 8.61. The fraction of sp³-hybridized carbons (Fsp3) is 0.682. The molecule has 0 N–H and O–H groups in total. The zero-order valence-electron chi connectivity index (χ0n) is 16.7. The van der Waals surface area contributed by atoms with Gasteiger partial charge in [0.1, 0.15) is 0 Å². The second-order valence-corrected chi connectivity index (χ2v) is 21.7. The normalized spacial score (nSPS) is 11.5. The summed E-state index contributed by atoms with van der Waals surface area (Å²) in [5.74, 6) is 0.00873. The summed E-state index contributed by atoms with van der Waals surface area (Å²) in [6, 6.07) is 10.0. The van der Waals surface area contributed by atoms with Crippen LogP contribution in [0.1, 0.15) is 71.3 Å². The van der Waals surface area contributed by atoms with Crippen molar-refractivity contribution in [2.75, 3.05) is 0 Å². The number of carbonyl (C=O) groups is 1. The van der Waals surface area contributed by atoms with E-state index in [0.29, 0.717) is 13.0 Å². The van der Waals surface area contributed by atoms with Gasteiger partial charge in [-0.15, -0.1) is 0 Å². The van der Waals surface area contributed by atoms with Crippen molar-refractivity contribution >= 4 is 24.3 Å². The van der Waals surface area contributed by atoms with E-state index < -0.39 is 18.4 Å². The molecule has 0 spiro atoms. The Hall–Kier alpha value is -0.511. The molecule has 0 saturated heterocycles. The van der Waals surface area contributed by atoms with Crippen molar-refractivity contribution in [1.29, 1.82) is 0 Å². The molecule has 0 aromatic heterocycles. The molecule has 0 atom stereocenters. The van der Waals surface area contributed by atoms with Crippen LogP contribution in [0.25, 0.3) is 0 Å². The van der Waals surface area contributed by atoms with Crippen LogP contribution in [0.3, 0.4) is 0 Å². The number of hydrogen-bond donors (Lipinski definition) is 0. The molecular formula is C22H38O2Sn. The van der Waals surface area contributed by atoms with Crippen LogP contribution < -0.4 is 0 Å². The molecule has 0 fully saturated rings. The number of unbranched alkanes of at least 4 members (excludes halogenated alkanes) is 3. The Bertz CT molecular complexity index is 437. The number of hydrogen-bond acceptors (Lipinski definition) is 2. The van der Waals surface area contributed by atoms with Crippen molar-refractivity contribution in [3.05, 3.63) is 35.9 Å². The molecule has 0 bridgehead atoms. The first-order chi connectivity index (χ1) is 12.2. The predicted octanol–water partition coefficient (Wildman–Crippen LogP) is 6.97. The molecule has 0 aliphatic carbocycles. The van der Waals surface area contributed by atoms with E-state index >= 15 is 0 Å². The summed E-state index contributed by atoms with van der Waals surface area (Å²) in [6.45, 7) is 7.31. The number of ether oxygens (including phenoxy) is 1. The average molecular weight is 453 g/mol. The quantitative estimate of drug-likeness (QED) is 0.225. The van der Waals surface area contributed by atoms with E-state index in [4.69, 9.17) is 4.74 Å². The van der Waals surface area contributed by atoms with Crippen LogP contribution in [0.4, 0.5) is 0 Å². The molecule has 0 aliphatic rings. The Morgan fingerprint density at radius 1 is 0.840 bits per heavy atom. The minimum absolute atomic E-state index is 0.00873. The third-order valence-electron chi connectivity index (χ3n) is 5.28. The van der Waals surface area contributed by atoms with Crippen molar-refractivity contribution in [1.82, 2.24) is 0 Å². The average Bonchev–Trinajstić information content (AvgIpc) is 2.66. The van der Waals surface area contributed by atoms with Crippen molar-refractivity contribution in [3.8, 4) is 0 Å². The molecular weight excluding hydrogens is 415 g/mol. The fourth-order valence-corrected chi connectivity index (χ4v) is 19.4. The van der Waals surface area contributed by atoms with Crippen molar-refractivity contribution in [3.63, 3.8) is 0 Å². The van der Waals surface area contributed by atoms with Gasteiger partial charge in [-0.25, -0.2) is 0 Å². The van der Waals surface area contributed by atoms with Crippen LogP contribution in [-0.4, -0.2) is 24.3 Å². The monoisotopic (exact) mass is 454 g/mol. The van der Waals surface area contributed by atoms with Crippen LogP contribution in [-0.2, 0) is 16.1 Å². The molecule has 3 heteroatoms. The van der Waals surface area contributed by atoms with Crippen molar-refractivity contribution in [2.45, 2.75) is 90.1 Å². The van der Waals surface area contributed by atoms with E-state index in [1.54, 1.807) is 0 Å². The summed E-state index contributed by atoms with van der Waals surface area (Å²) in [7, 11) is 0. The van der Waals surface area contributed by atoms with Crippen LogP contribution in [0.2, 0.25) is 17.7 Å². The summed E-state index contributed by atoms with van der Waals surface area (Å²) in [4.78, 5) is 12.3. The van der Waals surface area contributed by atoms with Gasteiger partial charge in [-0.2, -0.15) is 0 Å². The number of rotatable bonds is 14. The van der Waals surface area contributed by atoms with Crippen molar-refractivity contribution in [2.24, 2.45) is 0 Å². The Balaban J connectivity index is 2.56. The molecule has 0 radical (unpaired) electrons. The minimum atomic E-state index is -2.19. The molecule has 25 heavy (non-hydrogen) atoms. The molecule has 2 nitrogen and oxygen atoms in total. The van der Waals surface area contributed by atoms with E-state index in [1.807, 2.05) is 30.3 Å². The van der Waals surface area contributed by atoms with Gasteiger partial charge in [-0.3, -0.25) is 0 Å². The standard InChI is InChI=1S/C10H11O2.3C4H9.Sn/c1-2-10(11)12-8-9-6-4-3-5-7-9;3*1-3-4-2;/h3-7H,1-2,8H2;3*1,3-4H2,2H3;. The van der Waals surface area contributed by atoms with Crippen LogP contribution in [0.15, 0.2) is 30.3 Å². The molecule has 0 heterocycles. The second kappa shape index (κ2) is 13.7. The number of esters is 1. The van der Waals surface area contributed by atoms with Gasteiger partial charge in [0.2, 0.25) is 0 Å². The van der Waals surface area contributed by atoms with Gasteiger partial charge in [-0.1, -0.05) is 0 Å². The molecule has 142 valence electrons. The maximum atomic E-state index is 12.3. The van der Waals surface area contributed by atoms with Crippen LogP contribution in [0, 0.1) is 0 Å². The second-order valence-electron chi connectivity index (χ2n) is 7.46. The van der Waals surface area contributed by atoms with Gasteiger partial charge >= 0.3 is 160 Å². The zero-order chi connectivity index (χ0) is 18.4. The molecule has 1 aromatic rings. The Kier molecular flexibility index (Phi) is 12.3. The molecule has 0 amide bonds. The first kappa shape index (κ1) is 22.5. The van der Waals surface area contributed by atoms with E-state index in [2.05, 4.69) is 20.8 Å². The summed E-state index contributed by atoms with van der Waals surface area (Å²) < 4.78 is 11.1. The van der Waals surface area contributed by atoms with Gasteiger partial charge < -0.3 is 0 Å². The first-order valence-electron chi connectivity index (χ1n) is 10.4. The molecule has 0 aliphatic heterocycles. The van der Waals surface area contributed by atoms with Gasteiger partial charge in [0.15, 0.2) is 0 Å². The van der Waals surface area contributed by atoms with Crippen LogP contribution >= 0.6 is 0 Å². The fourth-order valence-electron chi connectivity index (χ4n) is 3.58. The summed E-state index contributed by atoms with van der Waals surface area (Å²) in [5, 5.41) is 0. The number of benzene rings is 1.